The molecule has 4 rings (SSSR count). The van der Waals surface area contributed by atoms with Crippen molar-refractivity contribution in [3.05, 3.63) is 18.1 Å². The maximum atomic E-state index is 10.5. The Morgan fingerprint density at radius 1 is 1.24 bits per heavy atom. The fourth-order valence-corrected chi connectivity index (χ4v) is 3.48. The lowest BCUT2D eigenvalue weighted by molar-refractivity contribution is -0.0373. The molecule has 9 heteroatoms. The van der Waals surface area contributed by atoms with Gasteiger partial charge < -0.3 is 31.0 Å². The van der Waals surface area contributed by atoms with Gasteiger partial charge in [-0.2, -0.15) is 0 Å². The summed E-state index contributed by atoms with van der Waals surface area (Å²) in [5.74, 6) is 0.393. The maximum Gasteiger partial charge on any atom is 0.164 e. The van der Waals surface area contributed by atoms with E-state index < -0.39 is 24.5 Å². The van der Waals surface area contributed by atoms with E-state index in [0.29, 0.717) is 24.6 Å². The van der Waals surface area contributed by atoms with Crippen molar-refractivity contribution in [1.29, 1.82) is 0 Å². The molecule has 0 saturated carbocycles. The lowest BCUT2D eigenvalue weighted by Crippen LogP contribution is -2.35. The van der Waals surface area contributed by atoms with Crippen LogP contribution in [0.2, 0.25) is 0 Å². The number of aromatic nitrogens is 3. The van der Waals surface area contributed by atoms with E-state index in [4.69, 9.17) is 16.2 Å². The molecule has 2 aromatic heterocycles. The van der Waals surface area contributed by atoms with Crippen molar-refractivity contribution in [1.82, 2.24) is 19.4 Å². The number of ether oxygens (including phenoxy) is 1. The highest BCUT2D eigenvalue weighted by molar-refractivity contribution is 5.89. The van der Waals surface area contributed by atoms with Crippen LogP contribution < -0.4 is 11.5 Å². The van der Waals surface area contributed by atoms with Crippen molar-refractivity contribution in [2.45, 2.75) is 37.4 Å². The Morgan fingerprint density at radius 2 is 2.04 bits per heavy atom. The van der Waals surface area contributed by atoms with Crippen molar-refractivity contribution in [3.8, 4) is 0 Å². The molecule has 6 N–H and O–H groups in total. The van der Waals surface area contributed by atoms with Gasteiger partial charge in [0, 0.05) is 25.8 Å². The number of nitrogens with two attached hydrogens (primary N) is 2. The normalized spacial score (nSPS) is 29.6. The molecule has 136 valence electrons. The molecule has 2 saturated heterocycles. The highest BCUT2D eigenvalue weighted by Crippen LogP contribution is 2.35. The third-order valence-corrected chi connectivity index (χ3v) is 4.96. The molecule has 2 aliphatic heterocycles. The smallest absolute Gasteiger partial charge is 0.164 e. The van der Waals surface area contributed by atoms with E-state index in [1.807, 2.05) is 6.20 Å². The molecule has 4 heterocycles. The maximum absolute atomic E-state index is 10.5. The topological polar surface area (TPSA) is 135 Å². The second kappa shape index (κ2) is 6.50. The minimum atomic E-state index is -1.03. The minimum Gasteiger partial charge on any atom is -0.387 e. The highest BCUT2D eigenvalue weighted by Gasteiger charge is 2.45. The number of nitrogens with zero attached hydrogens (tertiary/aromatic N) is 4. The lowest BCUT2D eigenvalue weighted by atomic mass is 10.1. The zero-order valence-corrected chi connectivity index (χ0v) is 14.0. The van der Waals surface area contributed by atoms with E-state index in [1.54, 1.807) is 4.57 Å². The number of aliphatic hydroxyl groups excluding tert-OH is 2. The number of aliphatic hydroxyl groups is 2. The Balaban J connectivity index is 1.69. The van der Waals surface area contributed by atoms with Gasteiger partial charge in [-0.1, -0.05) is 0 Å². The predicted molar refractivity (Wildman–Crippen MR) is 91.7 cm³/mol. The first-order valence-electron chi connectivity index (χ1n) is 8.64. The van der Waals surface area contributed by atoms with Crippen molar-refractivity contribution < 1.29 is 14.9 Å². The molecule has 25 heavy (non-hydrogen) atoms. The Kier molecular flexibility index (Phi) is 4.34. The molecule has 0 aliphatic carbocycles. The van der Waals surface area contributed by atoms with Gasteiger partial charge in [-0.3, -0.25) is 4.90 Å². The van der Waals surface area contributed by atoms with Crippen LogP contribution in [0.15, 0.2) is 12.5 Å². The average Bonchev–Trinajstić information content (AvgIpc) is 3.28. The molecular formula is C16H24N6O3. The number of rotatable bonds is 6. The summed E-state index contributed by atoms with van der Waals surface area (Å²) in [6.07, 6.45) is 1.73. The van der Waals surface area contributed by atoms with E-state index in [0.717, 1.165) is 36.9 Å². The Morgan fingerprint density at radius 3 is 2.76 bits per heavy atom. The number of aryl methyl sites for hydroxylation is 1. The van der Waals surface area contributed by atoms with E-state index in [9.17, 15) is 10.2 Å². The predicted octanol–water partition coefficient (Wildman–Crippen LogP) is -1.16. The Bertz CT molecular complexity index is 762. The lowest BCUT2D eigenvalue weighted by Gasteiger charge is -2.17. The van der Waals surface area contributed by atoms with Gasteiger partial charge in [0.05, 0.1) is 5.39 Å². The second-order valence-electron chi connectivity index (χ2n) is 6.76. The van der Waals surface area contributed by atoms with Gasteiger partial charge in [0.15, 0.2) is 6.23 Å². The van der Waals surface area contributed by atoms with Crippen LogP contribution in [0.5, 0.6) is 0 Å². The minimum absolute atomic E-state index is 0.393. The van der Waals surface area contributed by atoms with Crippen molar-refractivity contribution >= 4 is 16.9 Å². The first kappa shape index (κ1) is 16.7. The van der Waals surface area contributed by atoms with Gasteiger partial charge in [0.2, 0.25) is 0 Å². The molecule has 0 radical (unpaired) electrons. The molecule has 0 bridgehead atoms. The first-order chi connectivity index (χ1) is 12.1. The summed E-state index contributed by atoms with van der Waals surface area (Å²) in [5.41, 5.74) is 13.2. The standard InChI is InChI=1S/C16H24N6O3/c17-3-1-2-9-6-22(15-11(9)14(18)19-8-20-15)16-13(24)12(23)10(25-16)7-21-4-5-21/h6,8,10,12-13,16,23-24H,1-5,7,17H2,(H2,18,19,20)/t10-,12?,13+,16-/m1/s1. The number of nitrogen functional groups attached to an aromatic ring is 1. The summed E-state index contributed by atoms with van der Waals surface area (Å²) >= 11 is 0. The van der Waals surface area contributed by atoms with E-state index in [2.05, 4.69) is 14.9 Å². The molecule has 2 aliphatic rings. The van der Waals surface area contributed by atoms with E-state index in [1.165, 1.54) is 6.33 Å². The van der Waals surface area contributed by atoms with Crippen LogP contribution in [0, 0.1) is 0 Å². The SMILES string of the molecule is NCCCc1cn([C@@H]2O[C@H](CN3CC3)C(O)[C@@H]2O)c2ncnc(N)c12. The molecule has 2 aromatic rings. The van der Waals surface area contributed by atoms with Crippen molar-refractivity contribution in [2.75, 3.05) is 31.9 Å². The van der Waals surface area contributed by atoms with Crippen LogP contribution >= 0.6 is 0 Å². The summed E-state index contributed by atoms with van der Waals surface area (Å²) in [6.45, 7) is 3.20. The Hall–Kier alpha value is -1.78. The summed E-state index contributed by atoms with van der Waals surface area (Å²) in [5, 5.41) is 21.6. The van der Waals surface area contributed by atoms with Crippen LogP contribution in [0.4, 0.5) is 5.82 Å². The third kappa shape index (κ3) is 2.98. The molecule has 9 nitrogen and oxygen atoms in total. The van der Waals surface area contributed by atoms with Gasteiger partial charge in [0.25, 0.3) is 0 Å². The zero-order valence-electron chi connectivity index (χ0n) is 14.0. The average molecular weight is 348 g/mol. The van der Waals surface area contributed by atoms with Gasteiger partial charge >= 0.3 is 0 Å². The molecule has 1 unspecified atom stereocenters. The summed E-state index contributed by atoms with van der Waals surface area (Å²) in [4.78, 5) is 10.6. The van der Waals surface area contributed by atoms with Crippen molar-refractivity contribution in [2.24, 2.45) is 5.73 Å². The van der Waals surface area contributed by atoms with Crippen LogP contribution in [-0.4, -0.2) is 74.1 Å². The quantitative estimate of drug-likeness (QED) is 0.480. The fraction of sp³-hybridized carbons (Fsp3) is 0.625. The monoisotopic (exact) mass is 348 g/mol. The van der Waals surface area contributed by atoms with Crippen LogP contribution in [-0.2, 0) is 11.2 Å². The van der Waals surface area contributed by atoms with Gasteiger partial charge in [0.1, 0.15) is 36.1 Å². The van der Waals surface area contributed by atoms with E-state index >= 15 is 0 Å². The molecule has 0 aromatic carbocycles. The molecule has 4 atom stereocenters. The number of hydrogen-bond donors (Lipinski definition) is 4. The third-order valence-electron chi connectivity index (χ3n) is 4.96. The molecular weight excluding hydrogens is 324 g/mol. The van der Waals surface area contributed by atoms with Crippen molar-refractivity contribution in [3.63, 3.8) is 0 Å². The largest absolute Gasteiger partial charge is 0.387 e. The van der Waals surface area contributed by atoms with Crippen LogP contribution in [0.25, 0.3) is 11.0 Å². The van der Waals surface area contributed by atoms with Crippen LogP contribution in [0.3, 0.4) is 0 Å². The first-order valence-corrected chi connectivity index (χ1v) is 8.64. The summed E-state index contributed by atoms with van der Waals surface area (Å²) < 4.78 is 7.74. The number of fused-ring (bicyclic) bond motifs is 1. The molecule has 0 amide bonds. The summed E-state index contributed by atoms with van der Waals surface area (Å²) in [6, 6.07) is 0. The molecule has 2 fully saturated rings. The Labute approximate surface area is 145 Å². The highest BCUT2D eigenvalue weighted by atomic mass is 16.6. The number of hydrogen-bond acceptors (Lipinski definition) is 8. The summed E-state index contributed by atoms with van der Waals surface area (Å²) in [7, 11) is 0. The van der Waals surface area contributed by atoms with Crippen LogP contribution in [0.1, 0.15) is 18.2 Å². The van der Waals surface area contributed by atoms with Gasteiger partial charge in [-0.15, -0.1) is 0 Å². The van der Waals surface area contributed by atoms with Gasteiger partial charge in [-0.25, -0.2) is 9.97 Å². The fourth-order valence-electron chi connectivity index (χ4n) is 3.48. The number of anilines is 1. The second-order valence-corrected chi connectivity index (χ2v) is 6.76. The van der Waals surface area contributed by atoms with E-state index in [-0.39, 0.29) is 0 Å². The van der Waals surface area contributed by atoms with Gasteiger partial charge in [-0.05, 0) is 24.9 Å². The zero-order chi connectivity index (χ0) is 17.6. The molecule has 0 spiro atoms.